The zero-order valence-corrected chi connectivity index (χ0v) is 16.0. The molecule has 1 atom stereocenters. The van der Waals surface area contributed by atoms with Crippen LogP contribution in [0.3, 0.4) is 0 Å². The molecule has 1 N–H and O–H groups in total. The van der Waals surface area contributed by atoms with Crippen LogP contribution in [0.15, 0.2) is 30.3 Å². The maximum Gasteiger partial charge on any atom is 0.255 e. The van der Waals surface area contributed by atoms with Crippen molar-refractivity contribution in [2.75, 3.05) is 39.3 Å². The Morgan fingerprint density at radius 1 is 1.11 bits per heavy atom. The van der Waals surface area contributed by atoms with Gasteiger partial charge in [-0.25, -0.2) is 8.78 Å². The van der Waals surface area contributed by atoms with Crippen molar-refractivity contribution in [3.63, 3.8) is 0 Å². The Bertz CT molecular complexity index is 576. The summed E-state index contributed by atoms with van der Waals surface area (Å²) in [6, 6.07) is 11.1. The molecule has 1 aromatic rings. The van der Waals surface area contributed by atoms with Crippen LogP contribution in [0.5, 0.6) is 0 Å². The van der Waals surface area contributed by atoms with Crippen molar-refractivity contribution in [2.45, 2.75) is 44.6 Å². The van der Waals surface area contributed by atoms with Crippen LogP contribution in [-0.4, -0.2) is 67.4 Å². The number of nitrogens with zero attached hydrogens (tertiary/aromatic N) is 2. The fourth-order valence-corrected chi connectivity index (χ4v) is 4.31. The molecule has 2 aliphatic rings. The number of piperidine rings is 2. The Labute approximate surface area is 160 Å². The Morgan fingerprint density at radius 2 is 1.85 bits per heavy atom. The predicted molar refractivity (Wildman–Crippen MR) is 103 cm³/mol. The lowest BCUT2D eigenvalue weighted by Crippen LogP contribution is -2.51. The standard InChI is InChI=1S/C21H31F2N3O/c22-20(23)15-24-21(27)18-7-4-11-26(16-18)19-9-13-25(14-10-19)12-8-17-5-2-1-3-6-17/h1-3,5-6,18-20H,4,7-16H2,(H,24,27)/t18-/m1/s1. The van der Waals surface area contributed by atoms with Gasteiger partial charge in [0, 0.05) is 19.1 Å². The Hall–Kier alpha value is -1.53. The minimum Gasteiger partial charge on any atom is -0.350 e. The molecule has 2 saturated heterocycles. The van der Waals surface area contributed by atoms with Gasteiger partial charge in [0.25, 0.3) is 6.43 Å². The second-order valence-corrected chi connectivity index (χ2v) is 7.78. The summed E-state index contributed by atoms with van der Waals surface area (Å²) in [5.41, 5.74) is 1.38. The predicted octanol–water partition coefficient (Wildman–Crippen LogP) is 2.79. The number of amides is 1. The third-order valence-electron chi connectivity index (χ3n) is 5.89. The summed E-state index contributed by atoms with van der Waals surface area (Å²) >= 11 is 0. The van der Waals surface area contributed by atoms with Crippen LogP contribution in [0.2, 0.25) is 0 Å². The van der Waals surface area contributed by atoms with Crippen LogP contribution >= 0.6 is 0 Å². The number of hydrogen-bond donors (Lipinski definition) is 1. The molecule has 0 aromatic heterocycles. The van der Waals surface area contributed by atoms with Crippen molar-refractivity contribution in [3.8, 4) is 0 Å². The summed E-state index contributed by atoms with van der Waals surface area (Å²) in [7, 11) is 0. The molecule has 6 heteroatoms. The van der Waals surface area contributed by atoms with E-state index in [2.05, 4.69) is 45.4 Å². The van der Waals surface area contributed by atoms with Crippen LogP contribution < -0.4 is 5.32 Å². The Morgan fingerprint density at radius 3 is 2.56 bits per heavy atom. The second kappa shape index (κ2) is 10.1. The highest BCUT2D eigenvalue weighted by atomic mass is 19.3. The van der Waals surface area contributed by atoms with E-state index in [4.69, 9.17) is 0 Å². The normalized spacial score (nSPS) is 22.9. The van der Waals surface area contributed by atoms with E-state index in [9.17, 15) is 13.6 Å². The first-order chi connectivity index (χ1) is 13.1. The minimum atomic E-state index is -2.48. The molecule has 4 nitrogen and oxygen atoms in total. The summed E-state index contributed by atoms with van der Waals surface area (Å²) in [5, 5.41) is 2.39. The van der Waals surface area contributed by atoms with Gasteiger partial charge in [-0.1, -0.05) is 30.3 Å². The maximum atomic E-state index is 12.3. The summed E-state index contributed by atoms with van der Waals surface area (Å²) in [6.45, 7) is 4.48. The minimum absolute atomic E-state index is 0.145. The highest BCUT2D eigenvalue weighted by Gasteiger charge is 2.31. The number of hydrogen-bond acceptors (Lipinski definition) is 3. The van der Waals surface area contributed by atoms with Crippen LogP contribution in [-0.2, 0) is 11.2 Å². The van der Waals surface area contributed by atoms with Gasteiger partial charge in [0.2, 0.25) is 5.91 Å². The zero-order chi connectivity index (χ0) is 19.1. The van der Waals surface area contributed by atoms with Crippen molar-refractivity contribution < 1.29 is 13.6 Å². The van der Waals surface area contributed by atoms with Gasteiger partial charge in [0.15, 0.2) is 0 Å². The Balaban J connectivity index is 1.40. The first kappa shape index (κ1) is 20.2. The number of halogens is 2. The highest BCUT2D eigenvalue weighted by molar-refractivity contribution is 5.78. The smallest absolute Gasteiger partial charge is 0.255 e. The first-order valence-electron chi connectivity index (χ1n) is 10.2. The summed E-state index contributed by atoms with van der Waals surface area (Å²) < 4.78 is 24.6. The zero-order valence-electron chi connectivity index (χ0n) is 16.0. The third kappa shape index (κ3) is 6.25. The molecule has 0 aliphatic carbocycles. The van der Waals surface area contributed by atoms with E-state index in [-0.39, 0.29) is 11.8 Å². The van der Waals surface area contributed by atoms with E-state index in [0.717, 1.165) is 58.3 Å². The molecule has 1 aromatic carbocycles. The summed E-state index contributed by atoms with van der Waals surface area (Å²) in [5.74, 6) is -0.353. The monoisotopic (exact) mass is 379 g/mol. The Kier molecular flexibility index (Phi) is 7.59. The van der Waals surface area contributed by atoms with Crippen LogP contribution in [0, 0.1) is 5.92 Å². The number of nitrogens with one attached hydrogen (secondary N) is 1. The topological polar surface area (TPSA) is 35.6 Å². The molecule has 27 heavy (non-hydrogen) atoms. The molecule has 2 fully saturated rings. The van der Waals surface area contributed by atoms with Crippen molar-refractivity contribution >= 4 is 5.91 Å². The number of benzene rings is 1. The van der Waals surface area contributed by atoms with E-state index >= 15 is 0 Å². The molecule has 3 rings (SSSR count). The van der Waals surface area contributed by atoms with Crippen molar-refractivity contribution in [1.29, 1.82) is 0 Å². The summed E-state index contributed by atoms with van der Waals surface area (Å²) in [4.78, 5) is 17.1. The van der Waals surface area contributed by atoms with Crippen molar-refractivity contribution in [1.82, 2.24) is 15.1 Å². The molecular formula is C21H31F2N3O. The third-order valence-corrected chi connectivity index (χ3v) is 5.89. The molecular weight excluding hydrogens is 348 g/mol. The van der Waals surface area contributed by atoms with Gasteiger partial charge in [-0.3, -0.25) is 9.69 Å². The van der Waals surface area contributed by atoms with Gasteiger partial charge in [-0.2, -0.15) is 0 Å². The molecule has 0 bridgehead atoms. The maximum absolute atomic E-state index is 12.3. The molecule has 0 saturated carbocycles. The molecule has 1 amide bonds. The van der Waals surface area contributed by atoms with Gasteiger partial charge in [-0.05, 0) is 57.3 Å². The highest BCUT2D eigenvalue weighted by Crippen LogP contribution is 2.24. The molecule has 0 spiro atoms. The quantitative estimate of drug-likeness (QED) is 0.791. The lowest BCUT2D eigenvalue weighted by Gasteiger charge is -2.42. The number of alkyl halides is 2. The number of likely N-dealkylation sites (tertiary alicyclic amines) is 2. The molecule has 0 radical (unpaired) electrons. The van der Waals surface area contributed by atoms with E-state index in [1.807, 2.05) is 0 Å². The van der Waals surface area contributed by atoms with Crippen LogP contribution in [0.25, 0.3) is 0 Å². The first-order valence-corrected chi connectivity index (χ1v) is 10.2. The molecule has 2 aliphatic heterocycles. The van der Waals surface area contributed by atoms with Crippen molar-refractivity contribution in [2.24, 2.45) is 5.92 Å². The van der Waals surface area contributed by atoms with Gasteiger partial charge in [-0.15, -0.1) is 0 Å². The van der Waals surface area contributed by atoms with E-state index in [0.29, 0.717) is 12.6 Å². The fourth-order valence-electron chi connectivity index (χ4n) is 4.31. The lowest BCUT2D eigenvalue weighted by molar-refractivity contribution is -0.127. The number of carbonyl (C=O) groups excluding carboxylic acids is 1. The molecule has 2 heterocycles. The average Bonchev–Trinajstić information content (AvgIpc) is 2.71. The van der Waals surface area contributed by atoms with Crippen LogP contribution in [0.4, 0.5) is 8.78 Å². The van der Waals surface area contributed by atoms with Gasteiger partial charge in [0.1, 0.15) is 0 Å². The van der Waals surface area contributed by atoms with Gasteiger partial charge < -0.3 is 10.2 Å². The molecule has 0 unspecified atom stereocenters. The van der Waals surface area contributed by atoms with E-state index in [1.165, 1.54) is 5.56 Å². The van der Waals surface area contributed by atoms with Gasteiger partial charge in [0.05, 0.1) is 12.5 Å². The van der Waals surface area contributed by atoms with Crippen LogP contribution in [0.1, 0.15) is 31.2 Å². The largest absolute Gasteiger partial charge is 0.350 e. The van der Waals surface area contributed by atoms with Crippen molar-refractivity contribution in [3.05, 3.63) is 35.9 Å². The fraction of sp³-hybridized carbons (Fsp3) is 0.667. The van der Waals surface area contributed by atoms with E-state index < -0.39 is 13.0 Å². The molecule has 150 valence electrons. The SMILES string of the molecule is O=C(NCC(F)F)[C@@H]1CCCN(C2CCN(CCc3ccccc3)CC2)C1. The number of rotatable bonds is 7. The number of carbonyl (C=O) groups is 1. The van der Waals surface area contributed by atoms with Gasteiger partial charge >= 0.3 is 0 Å². The van der Waals surface area contributed by atoms with E-state index in [1.54, 1.807) is 0 Å². The lowest BCUT2D eigenvalue weighted by atomic mass is 9.93. The second-order valence-electron chi connectivity index (χ2n) is 7.78. The summed E-state index contributed by atoms with van der Waals surface area (Å²) in [6.07, 6.45) is 2.64. The average molecular weight is 379 g/mol.